The minimum absolute atomic E-state index is 0.537. The molecule has 2 heterocycles. The molecule has 2 aromatic rings. The third-order valence-corrected chi connectivity index (χ3v) is 3.91. The second-order valence-electron chi connectivity index (χ2n) is 5.04. The molecule has 1 aliphatic heterocycles. The highest BCUT2D eigenvalue weighted by atomic mass is 15.0. The fraction of sp³-hybridized carbons (Fsp3) is 0.467. The first kappa shape index (κ1) is 10.8. The van der Waals surface area contributed by atoms with Crippen molar-refractivity contribution in [1.82, 2.24) is 9.88 Å². The Labute approximate surface area is 103 Å². The van der Waals surface area contributed by atoms with E-state index in [9.17, 15) is 0 Å². The molecule has 0 aliphatic carbocycles. The van der Waals surface area contributed by atoms with Gasteiger partial charge in [-0.1, -0.05) is 31.0 Å². The summed E-state index contributed by atoms with van der Waals surface area (Å²) in [5, 5.41) is 5.04. The monoisotopic (exact) mass is 228 g/mol. The van der Waals surface area contributed by atoms with Gasteiger partial charge in [0, 0.05) is 24.3 Å². The van der Waals surface area contributed by atoms with Gasteiger partial charge in [-0.25, -0.2) is 0 Å². The second-order valence-corrected chi connectivity index (χ2v) is 5.04. The summed E-state index contributed by atoms with van der Waals surface area (Å²) in [6, 6.07) is 11.5. The molecule has 1 aliphatic rings. The van der Waals surface area contributed by atoms with Crippen molar-refractivity contribution < 1.29 is 0 Å². The maximum atomic E-state index is 3.68. The zero-order chi connectivity index (χ0) is 11.7. The van der Waals surface area contributed by atoms with Gasteiger partial charge in [-0.2, -0.15) is 0 Å². The van der Waals surface area contributed by atoms with E-state index >= 15 is 0 Å². The second kappa shape index (κ2) is 4.53. The van der Waals surface area contributed by atoms with Gasteiger partial charge in [0.25, 0.3) is 0 Å². The Morgan fingerprint density at radius 3 is 2.94 bits per heavy atom. The van der Waals surface area contributed by atoms with Gasteiger partial charge in [-0.3, -0.25) is 0 Å². The molecule has 0 spiro atoms. The maximum Gasteiger partial charge on any atom is 0.0480 e. The van der Waals surface area contributed by atoms with Crippen molar-refractivity contribution in [1.29, 1.82) is 0 Å². The molecule has 17 heavy (non-hydrogen) atoms. The van der Waals surface area contributed by atoms with Crippen molar-refractivity contribution in [3.8, 4) is 0 Å². The predicted octanol–water partition coefficient (Wildman–Crippen LogP) is 3.38. The van der Waals surface area contributed by atoms with Crippen molar-refractivity contribution in [3.05, 3.63) is 36.0 Å². The average molecular weight is 228 g/mol. The third-order valence-electron chi connectivity index (χ3n) is 3.91. The topological polar surface area (TPSA) is 17.0 Å². The van der Waals surface area contributed by atoms with E-state index in [-0.39, 0.29) is 0 Å². The molecule has 3 rings (SSSR count). The summed E-state index contributed by atoms with van der Waals surface area (Å²) < 4.78 is 2.35. The Morgan fingerprint density at radius 2 is 2.06 bits per heavy atom. The Balaban J connectivity index is 2.01. The number of nitrogens with zero attached hydrogens (tertiary/aromatic N) is 1. The number of hydrogen-bond donors (Lipinski definition) is 1. The standard InChI is InChI=1S/C15H20N2/c1-17-14-9-5-4-7-12(14)11-15(17)13-8-3-2-6-10-16-13/h4-5,7,9,11,13,16H,2-3,6,8,10H2,1H3/t13-/m1/s1. The molecule has 2 nitrogen and oxygen atoms in total. The highest BCUT2D eigenvalue weighted by molar-refractivity contribution is 5.81. The molecule has 0 unspecified atom stereocenters. The van der Waals surface area contributed by atoms with E-state index < -0.39 is 0 Å². The van der Waals surface area contributed by atoms with Gasteiger partial charge < -0.3 is 9.88 Å². The van der Waals surface area contributed by atoms with E-state index in [4.69, 9.17) is 0 Å². The van der Waals surface area contributed by atoms with Gasteiger partial charge in [0.05, 0.1) is 0 Å². The van der Waals surface area contributed by atoms with E-state index in [1.54, 1.807) is 0 Å². The van der Waals surface area contributed by atoms with E-state index in [1.807, 2.05) is 0 Å². The van der Waals surface area contributed by atoms with E-state index in [0.717, 1.165) is 6.54 Å². The Hall–Kier alpha value is -1.28. The van der Waals surface area contributed by atoms with E-state index in [2.05, 4.69) is 47.3 Å². The fourth-order valence-corrected chi connectivity index (χ4v) is 2.93. The number of aryl methyl sites for hydroxylation is 1. The highest BCUT2D eigenvalue weighted by Gasteiger charge is 2.17. The van der Waals surface area contributed by atoms with Crippen LogP contribution in [0.3, 0.4) is 0 Å². The van der Waals surface area contributed by atoms with Gasteiger partial charge in [0.2, 0.25) is 0 Å². The Morgan fingerprint density at radius 1 is 1.18 bits per heavy atom. The van der Waals surface area contributed by atoms with Crippen LogP contribution in [0.5, 0.6) is 0 Å². The van der Waals surface area contributed by atoms with Crippen LogP contribution in [0.2, 0.25) is 0 Å². The summed E-state index contributed by atoms with van der Waals surface area (Å²) in [5.74, 6) is 0. The van der Waals surface area contributed by atoms with Crippen LogP contribution in [0.4, 0.5) is 0 Å². The average Bonchev–Trinajstić information content (AvgIpc) is 2.57. The largest absolute Gasteiger partial charge is 0.346 e. The minimum atomic E-state index is 0.537. The summed E-state index contributed by atoms with van der Waals surface area (Å²) in [6.07, 6.45) is 5.30. The molecule has 1 aromatic carbocycles. The molecule has 1 atom stereocenters. The summed E-state index contributed by atoms with van der Waals surface area (Å²) in [4.78, 5) is 0. The van der Waals surface area contributed by atoms with E-state index in [1.165, 1.54) is 42.3 Å². The smallest absolute Gasteiger partial charge is 0.0480 e. The number of nitrogens with one attached hydrogen (secondary N) is 1. The minimum Gasteiger partial charge on any atom is -0.346 e. The van der Waals surface area contributed by atoms with Crippen LogP contribution in [-0.4, -0.2) is 11.1 Å². The lowest BCUT2D eigenvalue weighted by Crippen LogP contribution is -2.22. The number of hydrogen-bond acceptors (Lipinski definition) is 1. The molecule has 1 fully saturated rings. The highest BCUT2D eigenvalue weighted by Crippen LogP contribution is 2.27. The summed E-state index contributed by atoms with van der Waals surface area (Å²) in [6.45, 7) is 1.16. The molecule has 0 saturated carbocycles. The molecule has 1 N–H and O–H groups in total. The van der Waals surface area contributed by atoms with Gasteiger partial charge in [-0.05, 0) is 36.9 Å². The van der Waals surface area contributed by atoms with E-state index in [0.29, 0.717) is 6.04 Å². The first-order valence-corrected chi connectivity index (χ1v) is 6.64. The van der Waals surface area contributed by atoms with Gasteiger partial charge in [0.1, 0.15) is 0 Å². The van der Waals surface area contributed by atoms with Gasteiger partial charge in [-0.15, -0.1) is 0 Å². The zero-order valence-corrected chi connectivity index (χ0v) is 10.4. The number of rotatable bonds is 1. The fourth-order valence-electron chi connectivity index (χ4n) is 2.93. The number of para-hydroxylation sites is 1. The van der Waals surface area contributed by atoms with Crippen LogP contribution < -0.4 is 5.32 Å². The molecular formula is C15H20N2. The van der Waals surface area contributed by atoms with Crippen molar-refractivity contribution in [2.45, 2.75) is 31.7 Å². The van der Waals surface area contributed by atoms with Crippen molar-refractivity contribution in [2.24, 2.45) is 7.05 Å². The van der Waals surface area contributed by atoms with Crippen molar-refractivity contribution >= 4 is 10.9 Å². The van der Waals surface area contributed by atoms with Gasteiger partial charge in [0.15, 0.2) is 0 Å². The Bertz CT molecular complexity index is 505. The lowest BCUT2D eigenvalue weighted by atomic mass is 10.1. The van der Waals surface area contributed by atoms with Crippen molar-refractivity contribution in [2.75, 3.05) is 6.54 Å². The van der Waals surface area contributed by atoms with Crippen LogP contribution in [0.25, 0.3) is 10.9 Å². The molecule has 90 valence electrons. The lowest BCUT2D eigenvalue weighted by molar-refractivity contribution is 0.509. The van der Waals surface area contributed by atoms with Crippen LogP contribution in [0.1, 0.15) is 37.4 Å². The van der Waals surface area contributed by atoms with Crippen LogP contribution in [0.15, 0.2) is 30.3 Å². The molecule has 1 aromatic heterocycles. The third kappa shape index (κ3) is 1.98. The lowest BCUT2D eigenvalue weighted by Gasteiger charge is -2.17. The Kier molecular flexibility index (Phi) is 2.89. The maximum absolute atomic E-state index is 3.68. The normalized spacial score (nSPS) is 21.6. The summed E-state index contributed by atoms with van der Waals surface area (Å²) in [5.41, 5.74) is 2.78. The first-order valence-electron chi connectivity index (χ1n) is 6.64. The van der Waals surface area contributed by atoms with Crippen molar-refractivity contribution in [3.63, 3.8) is 0 Å². The molecule has 0 amide bonds. The first-order chi connectivity index (χ1) is 8.36. The number of aromatic nitrogens is 1. The summed E-state index contributed by atoms with van der Waals surface area (Å²) in [7, 11) is 2.18. The molecule has 2 heteroatoms. The number of fused-ring (bicyclic) bond motifs is 1. The summed E-state index contributed by atoms with van der Waals surface area (Å²) >= 11 is 0. The molecule has 0 radical (unpaired) electrons. The number of benzene rings is 1. The predicted molar refractivity (Wildman–Crippen MR) is 72.1 cm³/mol. The molecular weight excluding hydrogens is 208 g/mol. The quantitative estimate of drug-likeness (QED) is 0.791. The molecule has 1 saturated heterocycles. The van der Waals surface area contributed by atoms with Crippen LogP contribution in [0, 0.1) is 0 Å². The zero-order valence-electron chi connectivity index (χ0n) is 10.4. The van der Waals surface area contributed by atoms with Crippen LogP contribution in [-0.2, 0) is 7.05 Å². The van der Waals surface area contributed by atoms with Gasteiger partial charge >= 0.3 is 0 Å². The SMILES string of the molecule is Cn1c([C@H]2CCCCCN2)cc2ccccc21. The molecule has 0 bridgehead atoms. The van der Waals surface area contributed by atoms with Crippen LogP contribution >= 0.6 is 0 Å².